The fourth-order valence-electron chi connectivity index (χ4n) is 3.69. The summed E-state index contributed by atoms with van der Waals surface area (Å²) >= 11 is 3.44. The number of halogens is 1. The van der Waals surface area contributed by atoms with E-state index in [1.807, 2.05) is 30.3 Å². The molecule has 0 bridgehead atoms. The summed E-state index contributed by atoms with van der Waals surface area (Å²) in [6.45, 7) is 1.99. The first-order valence-electron chi connectivity index (χ1n) is 9.68. The maximum atomic E-state index is 13.2. The average molecular weight is 482 g/mol. The molecule has 0 saturated carbocycles. The summed E-state index contributed by atoms with van der Waals surface area (Å²) in [5.74, 6) is -0.459. The average Bonchev–Trinajstić information content (AvgIpc) is 3.17. The van der Waals surface area contributed by atoms with Crippen LogP contribution in [0.4, 0.5) is 0 Å². The minimum atomic E-state index is -0.459. The molecule has 2 aromatic heterocycles. The predicted octanol–water partition coefficient (Wildman–Crippen LogP) is 3.63. The predicted molar refractivity (Wildman–Crippen MR) is 123 cm³/mol. The van der Waals surface area contributed by atoms with Crippen LogP contribution in [0.25, 0.3) is 27.8 Å². The summed E-state index contributed by atoms with van der Waals surface area (Å²) in [7, 11) is 3.08. The topological polar surface area (TPSA) is 75.2 Å². The SMILES string of the molecule is CCOC(=O)c1ccccc1-n1cc2c(c1-c1ccc(Br)cc1)c(=O)n(C)c(=O)n2C. The molecular weight excluding hydrogens is 462 g/mol. The van der Waals surface area contributed by atoms with Crippen molar-refractivity contribution in [3.05, 3.63) is 85.6 Å². The minimum absolute atomic E-state index is 0.245. The van der Waals surface area contributed by atoms with Crippen LogP contribution >= 0.6 is 15.9 Å². The first-order valence-corrected chi connectivity index (χ1v) is 10.5. The second-order valence-corrected chi connectivity index (χ2v) is 7.97. The normalized spacial score (nSPS) is 11.1. The van der Waals surface area contributed by atoms with Crippen LogP contribution in [0.1, 0.15) is 17.3 Å². The number of carbonyl (C=O) groups is 1. The van der Waals surface area contributed by atoms with Crippen molar-refractivity contribution in [3.8, 4) is 16.9 Å². The number of hydrogen-bond donors (Lipinski definition) is 0. The van der Waals surface area contributed by atoms with Gasteiger partial charge in [0.25, 0.3) is 5.56 Å². The number of aryl methyl sites for hydroxylation is 1. The van der Waals surface area contributed by atoms with Gasteiger partial charge in [0.1, 0.15) is 0 Å². The number of fused-ring (bicyclic) bond motifs is 1. The zero-order valence-corrected chi connectivity index (χ0v) is 18.8. The van der Waals surface area contributed by atoms with Crippen LogP contribution in [0.3, 0.4) is 0 Å². The first-order chi connectivity index (χ1) is 14.8. The molecule has 4 aromatic rings. The molecule has 0 fully saturated rings. The summed E-state index contributed by atoms with van der Waals surface area (Å²) < 4.78 is 10.4. The number of rotatable bonds is 4. The lowest BCUT2D eigenvalue weighted by molar-refractivity contribution is 0.0526. The molecule has 0 saturated heterocycles. The lowest BCUT2D eigenvalue weighted by atomic mass is 10.1. The summed E-state index contributed by atoms with van der Waals surface area (Å²) in [5.41, 5.74) is 1.95. The molecule has 4 rings (SSSR count). The zero-order chi connectivity index (χ0) is 22.3. The summed E-state index contributed by atoms with van der Waals surface area (Å²) in [4.78, 5) is 38.3. The van der Waals surface area contributed by atoms with Gasteiger partial charge < -0.3 is 9.30 Å². The van der Waals surface area contributed by atoms with Crippen molar-refractivity contribution in [2.75, 3.05) is 6.61 Å². The minimum Gasteiger partial charge on any atom is -0.462 e. The van der Waals surface area contributed by atoms with E-state index in [9.17, 15) is 14.4 Å². The Labute approximate surface area is 186 Å². The van der Waals surface area contributed by atoms with Crippen LogP contribution in [0.5, 0.6) is 0 Å². The lowest BCUT2D eigenvalue weighted by Gasteiger charge is -2.14. The molecule has 2 aromatic carbocycles. The molecule has 0 N–H and O–H groups in total. The smallest absolute Gasteiger partial charge is 0.340 e. The summed E-state index contributed by atoms with van der Waals surface area (Å²) in [6, 6.07) is 14.6. The fourth-order valence-corrected chi connectivity index (χ4v) is 3.95. The van der Waals surface area contributed by atoms with Gasteiger partial charge in [-0.3, -0.25) is 13.9 Å². The van der Waals surface area contributed by atoms with Gasteiger partial charge in [0.2, 0.25) is 0 Å². The Balaban J connectivity index is 2.16. The third kappa shape index (κ3) is 3.42. The molecule has 158 valence electrons. The van der Waals surface area contributed by atoms with Gasteiger partial charge in [-0.1, -0.05) is 40.2 Å². The van der Waals surface area contributed by atoms with Crippen LogP contribution in [-0.4, -0.2) is 26.3 Å². The fraction of sp³-hybridized carbons (Fsp3) is 0.174. The zero-order valence-electron chi connectivity index (χ0n) is 17.3. The Hall–Kier alpha value is -3.39. The lowest BCUT2D eigenvalue weighted by Crippen LogP contribution is -2.36. The van der Waals surface area contributed by atoms with E-state index in [-0.39, 0.29) is 6.61 Å². The first kappa shape index (κ1) is 20.9. The highest BCUT2D eigenvalue weighted by atomic mass is 79.9. The third-order valence-electron chi connectivity index (χ3n) is 5.22. The molecule has 8 heteroatoms. The molecular formula is C23H20BrN3O4. The van der Waals surface area contributed by atoms with E-state index in [1.165, 1.54) is 11.6 Å². The van der Waals surface area contributed by atoms with E-state index in [1.54, 1.807) is 42.9 Å². The third-order valence-corrected chi connectivity index (χ3v) is 5.74. The Morgan fingerprint density at radius 3 is 2.35 bits per heavy atom. The second kappa shape index (κ2) is 8.03. The van der Waals surface area contributed by atoms with Crippen LogP contribution in [0, 0.1) is 0 Å². The van der Waals surface area contributed by atoms with E-state index < -0.39 is 17.2 Å². The molecule has 0 unspecified atom stereocenters. The van der Waals surface area contributed by atoms with Gasteiger partial charge in [-0.2, -0.15) is 0 Å². The van der Waals surface area contributed by atoms with Gasteiger partial charge in [-0.15, -0.1) is 0 Å². The van der Waals surface area contributed by atoms with E-state index in [0.29, 0.717) is 27.8 Å². The van der Waals surface area contributed by atoms with Crippen LogP contribution in [0.2, 0.25) is 0 Å². The van der Waals surface area contributed by atoms with E-state index in [2.05, 4.69) is 15.9 Å². The molecule has 0 aliphatic carbocycles. The van der Waals surface area contributed by atoms with Crippen molar-refractivity contribution in [3.63, 3.8) is 0 Å². The van der Waals surface area contributed by atoms with Gasteiger partial charge in [0, 0.05) is 24.8 Å². The van der Waals surface area contributed by atoms with Crippen LogP contribution < -0.4 is 11.2 Å². The summed E-state index contributed by atoms with van der Waals surface area (Å²) in [6.07, 6.45) is 1.72. The van der Waals surface area contributed by atoms with Crippen molar-refractivity contribution in [1.82, 2.24) is 13.7 Å². The highest BCUT2D eigenvalue weighted by molar-refractivity contribution is 9.10. The second-order valence-electron chi connectivity index (χ2n) is 7.06. The van der Waals surface area contributed by atoms with E-state index in [4.69, 9.17) is 4.74 Å². The number of hydrogen-bond acceptors (Lipinski definition) is 4. The van der Waals surface area contributed by atoms with Crippen molar-refractivity contribution < 1.29 is 9.53 Å². The van der Waals surface area contributed by atoms with Gasteiger partial charge in [-0.05, 0) is 36.8 Å². The number of nitrogens with zero attached hydrogens (tertiary/aromatic N) is 3. The van der Waals surface area contributed by atoms with Crippen molar-refractivity contribution in [2.45, 2.75) is 6.92 Å². The number of benzene rings is 2. The highest BCUT2D eigenvalue weighted by Gasteiger charge is 2.23. The van der Waals surface area contributed by atoms with Crippen LogP contribution in [-0.2, 0) is 18.8 Å². The van der Waals surface area contributed by atoms with Crippen molar-refractivity contribution >= 4 is 32.8 Å². The number of esters is 1. The molecule has 0 amide bonds. The van der Waals surface area contributed by atoms with Gasteiger partial charge >= 0.3 is 11.7 Å². The molecule has 31 heavy (non-hydrogen) atoms. The monoisotopic (exact) mass is 481 g/mol. The Morgan fingerprint density at radius 2 is 1.68 bits per heavy atom. The Morgan fingerprint density at radius 1 is 1.00 bits per heavy atom. The number of ether oxygens (including phenoxy) is 1. The standard InChI is InChI=1S/C23H20BrN3O4/c1-4-31-22(29)16-7-5-6-8-17(16)27-13-18-19(21(28)26(3)23(30)25(18)2)20(27)14-9-11-15(24)12-10-14/h5-13H,4H2,1-3H3. The molecule has 2 heterocycles. The van der Waals surface area contributed by atoms with E-state index in [0.717, 1.165) is 14.6 Å². The van der Waals surface area contributed by atoms with E-state index >= 15 is 0 Å². The molecule has 0 aliphatic rings. The van der Waals surface area contributed by atoms with Crippen molar-refractivity contribution in [2.24, 2.45) is 14.1 Å². The number of carbonyl (C=O) groups excluding carboxylic acids is 1. The van der Waals surface area contributed by atoms with Gasteiger partial charge in [0.15, 0.2) is 0 Å². The maximum absolute atomic E-state index is 13.2. The quantitative estimate of drug-likeness (QED) is 0.417. The molecule has 7 nitrogen and oxygen atoms in total. The molecule has 0 aliphatic heterocycles. The Bertz CT molecular complexity index is 1430. The van der Waals surface area contributed by atoms with Crippen molar-refractivity contribution in [1.29, 1.82) is 0 Å². The van der Waals surface area contributed by atoms with Gasteiger partial charge in [0.05, 0.1) is 34.5 Å². The molecule has 0 atom stereocenters. The van der Waals surface area contributed by atoms with Crippen LogP contribution in [0.15, 0.2) is 68.8 Å². The maximum Gasteiger partial charge on any atom is 0.340 e. The summed E-state index contributed by atoms with van der Waals surface area (Å²) in [5, 5.41) is 0.394. The number of aromatic nitrogens is 3. The van der Waals surface area contributed by atoms with Gasteiger partial charge in [-0.25, -0.2) is 9.59 Å². The Kier molecular flexibility index (Phi) is 5.41. The molecule has 0 spiro atoms. The molecule has 0 radical (unpaired) electrons. The highest BCUT2D eigenvalue weighted by Crippen LogP contribution is 2.32. The largest absolute Gasteiger partial charge is 0.462 e. The number of para-hydroxylation sites is 1.